The number of nitrogens with one attached hydrogen (secondary N) is 2. The summed E-state index contributed by atoms with van der Waals surface area (Å²) >= 11 is 0. The van der Waals surface area contributed by atoms with Crippen molar-refractivity contribution >= 4 is 5.96 Å². The third-order valence-electron chi connectivity index (χ3n) is 4.99. The molecule has 0 spiro atoms. The van der Waals surface area contributed by atoms with Crippen molar-refractivity contribution in [2.45, 2.75) is 39.3 Å². The van der Waals surface area contributed by atoms with Crippen LogP contribution in [0.5, 0.6) is 5.88 Å². The van der Waals surface area contributed by atoms with Gasteiger partial charge in [0.15, 0.2) is 5.96 Å². The van der Waals surface area contributed by atoms with Crippen LogP contribution in [0.4, 0.5) is 0 Å². The number of aromatic nitrogens is 1. The summed E-state index contributed by atoms with van der Waals surface area (Å²) in [6.07, 6.45) is 4.62. The van der Waals surface area contributed by atoms with Gasteiger partial charge in [0.05, 0.1) is 19.3 Å². The molecule has 7 heteroatoms. The molecule has 1 aromatic rings. The van der Waals surface area contributed by atoms with E-state index in [1.165, 1.54) is 12.8 Å². The summed E-state index contributed by atoms with van der Waals surface area (Å²) in [5.41, 5.74) is 1.10. The molecule has 1 aliphatic carbocycles. The van der Waals surface area contributed by atoms with Gasteiger partial charge in [0.25, 0.3) is 0 Å². The first-order valence-corrected chi connectivity index (χ1v) is 10.5. The number of rotatable bonds is 9. The van der Waals surface area contributed by atoms with Crippen LogP contribution in [0.25, 0.3) is 0 Å². The van der Waals surface area contributed by atoms with Crippen molar-refractivity contribution in [3.8, 4) is 5.88 Å². The number of nitrogens with zero attached hydrogens (tertiary/aromatic N) is 3. The summed E-state index contributed by atoms with van der Waals surface area (Å²) in [5.74, 6) is 2.90. The standard InChI is InChI=1S/C21H35N5O2/c1-16(2)13-26-8-9-27-19(14-26)12-25-21(22-3)24-11-18-6-7-20(23-10-18)28-15-17-4-5-17/h6-7,10,16-17,19H,4-5,8-9,11-15H2,1-3H3,(H2,22,24,25). The first-order chi connectivity index (χ1) is 13.6. The van der Waals surface area contributed by atoms with Gasteiger partial charge in [0.2, 0.25) is 5.88 Å². The molecule has 2 aliphatic rings. The third-order valence-corrected chi connectivity index (χ3v) is 4.99. The second kappa shape index (κ2) is 10.6. The normalized spacial score (nSPS) is 21.0. The lowest BCUT2D eigenvalue weighted by atomic mass is 10.2. The van der Waals surface area contributed by atoms with E-state index < -0.39 is 0 Å². The van der Waals surface area contributed by atoms with E-state index in [1.807, 2.05) is 18.3 Å². The number of pyridine rings is 1. The van der Waals surface area contributed by atoms with Gasteiger partial charge >= 0.3 is 0 Å². The fraction of sp³-hybridized carbons (Fsp3) is 0.714. The Balaban J connectivity index is 1.37. The predicted octanol–water partition coefficient (Wildman–Crippen LogP) is 1.89. The van der Waals surface area contributed by atoms with E-state index in [0.717, 1.165) is 56.8 Å². The van der Waals surface area contributed by atoms with Gasteiger partial charge in [-0.05, 0) is 30.2 Å². The fourth-order valence-electron chi connectivity index (χ4n) is 3.29. The van der Waals surface area contributed by atoms with Gasteiger partial charge < -0.3 is 20.1 Å². The number of hydrogen-bond donors (Lipinski definition) is 2. The van der Waals surface area contributed by atoms with Gasteiger partial charge in [0.1, 0.15) is 0 Å². The monoisotopic (exact) mass is 389 g/mol. The molecule has 0 amide bonds. The molecule has 2 N–H and O–H groups in total. The molecule has 1 unspecified atom stereocenters. The topological polar surface area (TPSA) is 71.0 Å². The third kappa shape index (κ3) is 7.28. The van der Waals surface area contributed by atoms with Crippen molar-refractivity contribution in [3.05, 3.63) is 23.9 Å². The van der Waals surface area contributed by atoms with E-state index >= 15 is 0 Å². The number of hydrogen-bond acceptors (Lipinski definition) is 5. The lowest BCUT2D eigenvalue weighted by Crippen LogP contribution is -2.50. The van der Waals surface area contributed by atoms with E-state index in [9.17, 15) is 0 Å². The van der Waals surface area contributed by atoms with Crippen LogP contribution in [0.3, 0.4) is 0 Å². The molecule has 28 heavy (non-hydrogen) atoms. The average Bonchev–Trinajstić information content (AvgIpc) is 3.52. The molecular formula is C21H35N5O2. The Morgan fingerprint density at radius 2 is 2.21 bits per heavy atom. The molecule has 0 bridgehead atoms. The molecule has 3 rings (SSSR count). The summed E-state index contributed by atoms with van der Waals surface area (Å²) < 4.78 is 11.6. The maximum atomic E-state index is 5.89. The van der Waals surface area contributed by atoms with Gasteiger partial charge in [-0.3, -0.25) is 9.89 Å². The molecule has 2 heterocycles. The van der Waals surface area contributed by atoms with E-state index in [2.05, 4.69) is 39.4 Å². The molecule has 2 fully saturated rings. The SMILES string of the molecule is CN=C(NCc1ccc(OCC2CC2)nc1)NCC1CN(CC(C)C)CCO1. The van der Waals surface area contributed by atoms with Gasteiger partial charge in [-0.1, -0.05) is 19.9 Å². The molecule has 1 saturated carbocycles. The number of aliphatic imine (C=N–C) groups is 1. The summed E-state index contributed by atoms with van der Waals surface area (Å²) in [6, 6.07) is 3.98. The second-order valence-corrected chi connectivity index (χ2v) is 8.21. The summed E-state index contributed by atoms with van der Waals surface area (Å²) in [7, 11) is 1.79. The Bertz CT molecular complexity index is 616. The van der Waals surface area contributed by atoms with Crippen LogP contribution in [-0.2, 0) is 11.3 Å². The number of ether oxygens (including phenoxy) is 2. The summed E-state index contributed by atoms with van der Waals surface area (Å²) in [4.78, 5) is 11.2. The molecule has 1 atom stereocenters. The van der Waals surface area contributed by atoms with E-state index in [0.29, 0.717) is 18.3 Å². The highest BCUT2D eigenvalue weighted by Crippen LogP contribution is 2.29. The zero-order chi connectivity index (χ0) is 19.8. The van der Waals surface area contributed by atoms with Crippen molar-refractivity contribution in [1.29, 1.82) is 0 Å². The largest absolute Gasteiger partial charge is 0.477 e. The van der Waals surface area contributed by atoms with Gasteiger partial charge in [0, 0.05) is 52.0 Å². The zero-order valence-corrected chi connectivity index (χ0v) is 17.5. The maximum absolute atomic E-state index is 5.89. The first kappa shape index (κ1) is 20.9. The van der Waals surface area contributed by atoms with Gasteiger partial charge in [-0.25, -0.2) is 4.98 Å². The molecule has 0 radical (unpaired) electrons. The summed E-state index contributed by atoms with van der Waals surface area (Å²) in [5, 5.41) is 6.71. The minimum Gasteiger partial charge on any atom is -0.477 e. The van der Waals surface area contributed by atoms with E-state index in [1.54, 1.807) is 7.05 Å². The second-order valence-electron chi connectivity index (χ2n) is 8.21. The predicted molar refractivity (Wildman–Crippen MR) is 112 cm³/mol. The highest BCUT2D eigenvalue weighted by Gasteiger charge is 2.22. The zero-order valence-electron chi connectivity index (χ0n) is 17.5. The average molecular weight is 390 g/mol. The van der Waals surface area contributed by atoms with Crippen molar-refractivity contribution in [2.24, 2.45) is 16.8 Å². The Kier molecular flexibility index (Phi) is 7.91. The van der Waals surface area contributed by atoms with Gasteiger partial charge in [-0.2, -0.15) is 0 Å². The molecule has 156 valence electrons. The van der Waals surface area contributed by atoms with Crippen LogP contribution in [0.15, 0.2) is 23.3 Å². The Morgan fingerprint density at radius 3 is 2.89 bits per heavy atom. The molecule has 1 saturated heterocycles. The van der Waals surface area contributed by atoms with Crippen LogP contribution in [0.2, 0.25) is 0 Å². The number of morpholine rings is 1. The highest BCUT2D eigenvalue weighted by molar-refractivity contribution is 5.79. The molecule has 0 aromatic carbocycles. The van der Waals surface area contributed by atoms with Crippen molar-refractivity contribution < 1.29 is 9.47 Å². The smallest absolute Gasteiger partial charge is 0.213 e. The molecule has 1 aromatic heterocycles. The van der Waals surface area contributed by atoms with Crippen molar-refractivity contribution in [1.82, 2.24) is 20.5 Å². The van der Waals surface area contributed by atoms with Crippen LogP contribution < -0.4 is 15.4 Å². The van der Waals surface area contributed by atoms with Crippen LogP contribution in [-0.4, -0.2) is 68.4 Å². The van der Waals surface area contributed by atoms with Crippen LogP contribution in [0, 0.1) is 11.8 Å². The molecular weight excluding hydrogens is 354 g/mol. The number of guanidine groups is 1. The Labute approximate surface area is 168 Å². The molecule has 7 nitrogen and oxygen atoms in total. The minimum atomic E-state index is 0.190. The molecule has 1 aliphatic heterocycles. The minimum absolute atomic E-state index is 0.190. The Hall–Kier alpha value is -1.86. The Morgan fingerprint density at radius 1 is 1.36 bits per heavy atom. The fourth-order valence-corrected chi connectivity index (χ4v) is 3.29. The first-order valence-electron chi connectivity index (χ1n) is 10.5. The highest BCUT2D eigenvalue weighted by atomic mass is 16.5. The van der Waals surface area contributed by atoms with Gasteiger partial charge in [-0.15, -0.1) is 0 Å². The van der Waals surface area contributed by atoms with E-state index in [-0.39, 0.29) is 6.10 Å². The van der Waals surface area contributed by atoms with Crippen molar-refractivity contribution in [3.63, 3.8) is 0 Å². The summed E-state index contributed by atoms with van der Waals surface area (Å²) in [6.45, 7) is 10.6. The van der Waals surface area contributed by atoms with Crippen LogP contribution in [0.1, 0.15) is 32.3 Å². The lowest BCUT2D eigenvalue weighted by Gasteiger charge is -2.34. The lowest BCUT2D eigenvalue weighted by molar-refractivity contribution is -0.0284. The van der Waals surface area contributed by atoms with Crippen LogP contribution >= 0.6 is 0 Å². The van der Waals surface area contributed by atoms with Crippen molar-refractivity contribution in [2.75, 3.05) is 46.4 Å². The maximum Gasteiger partial charge on any atom is 0.213 e. The van der Waals surface area contributed by atoms with E-state index in [4.69, 9.17) is 9.47 Å². The quantitative estimate of drug-likeness (QED) is 0.496.